The number of rotatable bonds is 5. The number of hydrogen-bond acceptors (Lipinski definition) is 5. The average molecular weight is 282 g/mol. The molecule has 2 rings (SSSR count). The SMILES string of the molecule is CNc1nc(Cl)nc(NCCc2ccc(F)cc2)n1. The first-order valence-corrected chi connectivity index (χ1v) is 6.13. The van der Waals surface area contributed by atoms with Gasteiger partial charge in [0.05, 0.1) is 0 Å². The van der Waals surface area contributed by atoms with Crippen molar-refractivity contribution in [2.24, 2.45) is 0 Å². The first kappa shape index (κ1) is 13.5. The Hall–Kier alpha value is -1.95. The number of hydrogen-bond donors (Lipinski definition) is 2. The van der Waals surface area contributed by atoms with Crippen molar-refractivity contribution in [3.05, 3.63) is 40.9 Å². The van der Waals surface area contributed by atoms with E-state index in [0.717, 1.165) is 12.0 Å². The van der Waals surface area contributed by atoms with Gasteiger partial charge in [-0.25, -0.2) is 4.39 Å². The summed E-state index contributed by atoms with van der Waals surface area (Å²) in [5.74, 6) is 0.579. The summed E-state index contributed by atoms with van der Waals surface area (Å²) < 4.78 is 12.7. The molecule has 0 saturated heterocycles. The standard InChI is InChI=1S/C12H13ClFN5/c1-15-11-17-10(13)18-12(19-11)16-7-6-8-2-4-9(14)5-3-8/h2-5H,6-7H2,1H3,(H2,15,16,17,18,19). The Morgan fingerprint density at radius 2 is 1.79 bits per heavy atom. The summed E-state index contributed by atoms with van der Waals surface area (Å²) in [4.78, 5) is 11.9. The molecular weight excluding hydrogens is 269 g/mol. The molecule has 0 radical (unpaired) electrons. The summed E-state index contributed by atoms with van der Waals surface area (Å²) in [6, 6.07) is 6.37. The van der Waals surface area contributed by atoms with E-state index in [4.69, 9.17) is 11.6 Å². The van der Waals surface area contributed by atoms with E-state index < -0.39 is 0 Å². The van der Waals surface area contributed by atoms with E-state index in [0.29, 0.717) is 18.4 Å². The highest BCUT2D eigenvalue weighted by Gasteiger charge is 2.03. The van der Waals surface area contributed by atoms with Gasteiger partial charge in [-0.3, -0.25) is 0 Å². The van der Waals surface area contributed by atoms with E-state index in [1.165, 1.54) is 12.1 Å². The van der Waals surface area contributed by atoms with Crippen molar-refractivity contribution in [3.63, 3.8) is 0 Å². The van der Waals surface area contributed by atoms with Crippen LogP contribution in [0, 0.1) is 5.82 Å². The van der Waals surface area contributed by atoms with E-state index in [-0.39, 0.29) is 11.1 Å². The lowest BCUT2D eigenvalue weighted by atomic mass is 10.1. The van der Waals surface area contributed by atoms with Crippen LogP contribution in [0.3, 0.4) is 0 Å². The molecule has 2 N–H and O–H groups in total. The lowest BCUT2D eigenvalue weighted by molar-refractivity contribution is 0.627. The Morgan fingerprint density at radius 1 is 1.11 bits per heavy atom. The molecule has 0 saturated carbocycles. The molecule has 19 heavy (non-hydrogen) atoms. The Kier molecular flexibility index (Phi) is 4.46. The molecular formula is C12H13ClFN5. The van der Waals surface area contributed by atoms with Crippen molar-refractivity contribution in [1.29, 1.82) is 0 Å². The van der Waals surface area contributed by atoms with Crippen LogP contribution in [0.15, 0.2) is 24.3 Å². The topological polar surface area (TPSA) is 62.7 Å². The summed E-state index contributed by atoms with van der Waals surface area (Å²) in [6.45, 7) is 0.620. The third kappa shape index (κ3) is 4.03. The minimum Gasteiger partial charge on any atom is -0.357 e. The van der Waals surface area contributed by atoms with Crippen LogP contribution in [-0.2, 0) is 6.42 Å². The number of aromatic nitrogens is 3. The first-order chi connectivity index (χ1) is 9.17. The average Bonchev–Trinajstić information content (AvgIpc) is 2.40. The van der Waals surface area contributed by atoms with E-state index in [9.17, 15) is 4.39 Å². The summed E-state index contributed by atoms with van der Waals surface area (Å²) in [6.07, 6.45) is 0.735. The quantitative estimate of drug-likeness (QED) is 0.881. The van der Waals surface area contributed by atoms with Gasteiger partial charge in [0.1, 0.15) is 5.82 Å². The number of nitrogens with one attached hydrogen (secondary N) is 2. The van der Waals surface area contributed by atoms with Crippen LogP contribution in [0.5, 0.6) is 0 Å². The fourth-order valence-corrected chi connectivity index (χ4v) is 1.67. The molecule has 0 unspecified atom stereocenters. The van der Waals surface area contributed by atoms with Crippen molar-refractivity contribution in [1.82, 2.24) is 15.0 Å². The smallest absolute Gasteiger partial charge is 0.228 e. The molecule has 0 atom stereocenters. The minimum absolute atomic E-state index is 0.128. The highest BCUT2D eigenvalue weighted by Crippen LogP contribution is 2.09. The predicted molar refractivity (Wildman–Crippen MR) is 73.0 cm³/mol. The zero-order chi connectivity index (χ0) is 13.7. The van der Waals surface area contributed by atoms with E-state index in [1.54, 1.807) is 19.2 Å². The molecule has 2 aromatic rings. The van der Waals surface area contributed by atoms with Crippen LogP contribution in [-0.4, -0.2) is 28.5 Å². The molecule has 100 valence electrons. The first-order valence-electron chi connectivity index (χ1n) is 5.75. The van der Waals surface area contributed by atoms with Crippen molar-refractivity contribution < 1.29 is 4.39 Å². The fourth-order valence-electron chi connectivity index (χ4n) is 1.51. The van der Waals surface area contributed by atoms with Crippen molar-refractivity contribution >= 4 is 23.5 Å². The summed E-state index contributed by atoms with van der Waals surface area (Å²) in [5, 5.41) is 5.97. The Morgan fingerprint density at radius 3 is 2.47 bits per heavy atom. The van der Waals surface area contributed by atoms with Gasteiger partial charge in [0.2, 0.25) is 17.2 Å². The highest BCUT2D eigenvalue weighted by atomic mass is 35.5. The normalized spacial score (nSPS) is 10.3. The third-order valence-corrected chi connectivity index (χ3v) is 2.61. The van der Waals surface area contributed by atoms with Crippen LogP contribution in [0.25, 0.3) is 0 Å². The van der Waals surface area contributed by atoms with Gasteiger partial charge in [0.25, 0.3) is 0 Å². The van der Waals surface area contributed by atoms with Crippen LogP contribution >= 0.6 is 11.6 Å². The molecule has 0 fully saturated rings. The van der Waals surface area contributed by atoms with Crippen LogP contribution < -0.4 is 10.6 Å². The van der Waals surface area contributed by atoms with Crippen LogP contribution in [0.4, 0.5) is 16.3 Å². The van der Waals surface area contributed by atoms with Gasteiger partial charge >= 0.3 is 0 Å². The maximum Gasteiger partial charge on any atom is 0.228 e. The summed E-state index contributed by atoms with van der Waals surface area (Å²) in [5.41, 5.74) is 1.03. The minimum atomic E-state index is -0.236. The Bertz CT molecular complexity index is 546. The van der Waals surface area contributed by atoms with Gasteiger partial charge < -0.3 is 10.6 Å². The molecule has 0 spiro atoms. The number of benzene rings is 1. The maximum absolute atomic E-state index is 12.7. The lowest BCUT2D eigenvalue weighted by Gasteiger charge is -2.06. The van der Waals surface area contributed by atoms with Gasteiger partial charge in [0, 0.05) is 13.6 Å². The lowest BCUT2D eigenvalue weighted by Crippen LogP contribution is -2.10. The van der Waals surface area contributed by atoms with Gasteiger partial charge in [-0.15, -0.1) is 0 Å². The molecule has 0 aliphatic rings. The molecule has 0 amide bonds. The zero-order valence-electron chi connectivity index (χ0n) is 10.3. The van der Waals surface area contributed by atoms with Gasteiger partial charge in [-0.1, -0.05) is 12.1 Å². The van der Waals surface area contributed by atoms with Gasteiger partial charge in [-0.2, -0.15) is 15.0 Å². The molecule has 0 aliphatic carbocycles. The Labute approximate surface area is 115 Å². The van der Waals surface area contributed by atoms with Crippen molar-refractivity contribution in [3.8, 4) is 0 Å². The van der Waals surface area contributed by atoms with E-state index in [2.05, 4.69) is 25.6 Å². The third-order valence-electron chi connectivity index (χ3n) is 2.44. The Balaban J connectivity index is 1.92. The monoisotopic (exact) mass is 281 g/mol. The molecule has 1 aromatic carbocycles. The van der Waals surface area contributed by atoms with Gasteiger partial charge in [0.15, 0.2) is 0 Å². The largest absolute Gasteiger partial charge is 0.357 e. The molecule has 7 heteroatoms. The number of nitrogens with zero attached hydrogens (tertiary/aromatic N) is 3. The second-order valence-corrected chi connectivity index (χ2v) is 4.14. The van der Waals surface area contributed by atoms with E-state index in [1.807, 2.05) is 0 Å². The van der Waals surface area contributed by atoms with Crippen LogP contribution in [0.1, 0.15) is 5.56 Å². The number of halogens is 2. The summed E-state index contributed by atoms with van der Waals surface area (Å²) in [7, 11) is 1.70. The second kappa shape index (κ2) is 6.29. The van der Waals surface area contributed by atoms with Crippen LogP contribution in [0.2, 0.25) is 5.28 Å². The highest BCUT2D eigenvalue weighted by molar-refractivity contribution is 6.28. The van der Waals surface area contributed by atoms with Crippen molar-refractivity contribution in [2.45, 2.75) is 6.42 Å². The zero-order valence-corrected chi connectivity index (χ0v) is 11.1. The van der Waals surface area contributed by atoms with Gasteiger partial charge in [-0.05, 0) is 35.7 Å². The molecule has 1 heterocycles. The summed E-state index contributed by atoms with van der Waals surface area (Å²) >= 11 is 5.76. The molecule has 5 nitrogen and oxygen atoms in total. The molecule has 1 aromatic heterocycles. The molecule has 0 aliphatic heterocycles. The second-order valence-electron chi connectivity index (χ2n) is 3.80. The fraction of sp³-hybridized carbons (Fsp3) is 0.250. The predicted octanol–water partition coefficient (Wildman–Crippen LogP) is 2.36. The van der Waals surface area contributed by atoms with Crippen molar-refractivity contribution in [2.75, 3.05) is 24.2 Å². The molecule has 0 bridgehead atoms. The number of anilines is 2. The van der Waals surface area contributed by atoms with E-state index >= 15 is 0 Å². The maximum atomic E-state index is 12.7.